The van der Waals surface area contributed by atoms with Crippen molar-refractivity contribution in [2.24, 2.45) is 0 Å². The molecule has 0 amide bonds. The molecule has 0 atom stereocenters. The van der Waals surface area contributed by atoms with Gasteiger partial charge in [-0.3, -0.25) is 0 Å². The number of aromatic amines is 1. The smallest absolute Gasteiger partial charge is 0.176 e. The van der Waals surface area contributed by atoms with E-state index in [4.69, 9.17) is 11.6 Å². The second-order valence-corrected chi connectivity index (χ2v) is 5.48. The van der Waals surface area contributed by atoms with Crippen molar-refractivity contribution >= 4 is 32.3 Å². The Bertz CT molecular complexity index is 586. The zero-order valence-electron chi connectivity index (χ0n) is 7.41. The van der Waals surface area contributed by atoms with Crippen LogP contribution in [-0.2, 0) is 9.84 Å². The molecule has 0 fully saturated rings. The molecule has 0 radical (unpaired) electrons. The van der Waals surface area contributed by atoms with E-state index in [-0.39, 0.29) is 0 Å². The summed E-state index contributed by atoms with van der Waals surface area (Å²) in [7, 11) is -3.19. The molecule has 14 heavy (non-hydrogen) atoms. The van der Waals surface area contributed by atoms with Crippen molar-refractivity contribution in [2.45, 2.75) is 4.90 Å². The van der Waals surface area contributed by atoms with Crippen LogP contribution in [0.3, 0.4) is 0 Å². The fraction of sp³-hybridized carbons (Fsp3) is 0.111. The van der Waals surface area contributed by atoms with E-state index >= 15 is 0 Å². The average Bonchev–Trinajstić information content (AvgIpc) is 2.50. The van der Waals surface area contributed by atoms with Crippen LogP contribution in [0.4, 0.5) is 0 Å². The molecule has 0 saturated carbocycles. The molecule has 0 aliphatic carbocycles. The zero-order chi connectivity index (χ0) is 10.3. The van der Waals surface area contributed by atoms with Gasteiger partial charge in [0.15, 0.2) is 9.84 Å². The lowest BCUT2D eigenvalue weighted by molar-refractivity contribution is 0.602. The van der Waals surface area contributed by atoms with Gasteiger partial charge >= 0.3 is 0 Å². The summed E-state index contributed by atoms with van der Waals surface area (Å²) in [4.78, 5) is 3.21. The highest BCUT2D eigenvalue weighted by Gasteiger charge is 2.13. The number of benzene rings is 1. The van der Waals surface area contributed by atoms with E-state index in [9.17, 15) is 8.42 Å². The van der Waals surface area contributed by atoms with Crippen molar-refractivity contribution in [3.05, 3.63) is 29.4 Å². The van der Waals surface area contributed by atoms with Crippen LogP contribution in [0.5, 0.6) is 0 Å². The number of H-pyrrole nitrogens is 1. The molecule has 1 heterocycles. The lowest BCUT2D eigenvalue weighted by atomic mass is 10.2. The fourth-order valence-corrected chi connectivity index (χ4v) is 2.52. The molecule has 1 aromatic heterocycles. The maximum atomic E-state index is 11.4. The summed E-state index contributed by atoms with van der Waals surface area (Å²) in [6.45, 7) is 0. The van der Waals surface area contributed by atoms with E-state index in [0.717, 1.165) is 0 Å². The summed E-state index contributed by atoms with van der Waals surface area (Å²) in [5, 5.41) is 1.16. The van der Waals surface area contributed by atoms with Crippen molar-refractivity contribution < 1.29 is 8.42 Å². The van der Waals surface area contributed by atoms with Gasteiger partial charge in [0, 0.05) is 17.8 Å². The molecule has 2 rings (SSSR count). The Morgan fingerprint density at radius 2 is 2.00 bits per heavy atom. The molecule has 0 unspecified atom stereocenters. The van der Waals surface area contributed by atoms with E-state index in [2.05, 4.69) is 4.98 Å². The van der Waals surface area contributed by atoms with Crippen LogP contribution >= 0.6 is 11.6 Å². The van der Waals surface area contributed by atoms with Gasteiger partial charge in [-0.05, 0) is 18.2 Å². The molecule has 0 aliphatic heterocycles. The minimum atomic E-state index is -3.19. The van der Waals surface area contributed by atoms with E-state index in [1.807, 2.05) is 0 Å². The number of hydrogen-bond donors (Lipinski definition) is 1. The van der Waals surface area contributed by atoms with Crippen molar-refractivity contribution in [1.29, 1.82) is 0 Å². The predicted octanol–water partition coefficient (Wildman–Crippen LogP) is 2.22. The van der Waals surface area contributed by atoms with Gasteiger partial charge in [-0.15, -0.1) is 0 Å². The Balaban J connectivity index is 2.93. The number of fused-ring (bicyclic) bond motifs is 1. The van der Waals surface area contributed by atoms with Crippen LogP contribution in [0.2, 0.25) is 5.02 Å². The van der Waals surface area contributed by atoms with Crippen LogP contribution in [0.25, 0.3) is 10.9 Å². The fourth-order valence-electron chi connectivity index (χ4n) is 1.42. The van der Waals surface area contributed by atoms with E-state index < -0.39 is 9.84 Å². The van der Waals surface area contributed by atoms with Crippen molar-refractivity contribution in [3.63, 3.8) is 0 Å². The number of rotatable bonds is 1. The largest absolute Gasteiger partial charge is 0.360 e. The van der Waals surface area contributed by atoms with Crippen molar-refractivity contribution in [3.8, 4) is 0 Å². The number of sulfone groups is 1. The van der Waals surface area contributed by atoms with Gasteiger partial charge < -0.3 is 4.98 Å². The lowest BCUT2D eigenvalue weighted by Crippen LogP contribution is -1.97. The van der Waals surface area contributed by atoms with Crippen molar-refractivity contribution in [1.82, 2.24) is 4.98 Å². The van der Waals surface area contributed by atoms with E-state index in [1.165, 1.54) is 12.3 Å². The zero-order valence-corrected chi connectivity index (χ0v) is 8.98. The summed E-state index contributed by atoms with van der Waals surface area (Å²) >= 11 is 5.89. The highest BCUT2D eigenvalue weighted by atomic mass is 35.5. The van der Waals surface area contributed by atoms with Gasteiger partial charge in [0.1, 0.15) is 0 Å². The molecular formula is C9H8ClNO2S. The van der Waals surface area contributed by atoms with Gasteiger partial charge in [0.2, 0.25) is 0 Å². The molecule has 1 N–H and O–H groups in total. The van der Waals surface area contributed by atoms with Gasteiger partial charge in [-0.2, -0.15) is 0 Å². The Hall–Kier alpha value is -1.00. The van der Waals surface area contributed by atoms with Gasteiger partial charge in [0.05, 0.1) is 15.4 Å². The molecular weight excluding hydrogens is 222 g/mol. The highest BCUT2D eigenvalue weighted by molar-refractivity contribution is 7.91. The molecule has 0 bridgehead atoms. The van der Waals surface area contributed by atoms with Crippen molar-refractivity contribution in [2.75, 3.05) is 6.26 Å². The minimum Gasteiger partial charge on any atom is -0.360 e. The molecule has 5 heteroatoms. The molecule has 1 aromatic carbocycles. The molecule has 74 valence electrons. The first kappa shape index (κ1) is 9.55. The molecule has 0 spiro atoms. The second kappa shape index (κ2) is 3.00. The van der Waals surface area contributed by atoms with E-state index in [0.29, 0.717) is 20.8 Å². The lowest BCUT2D eigenvalue weighted by Gasteiger charge is -2.01. The minimum absolute atomic E-state index is 0.304. The third-order valence-corrected chi connectivity index (χ3v) is 3.50. The SMILES string of the molecule is CS(=O)(=O)c1ccc(Cl)c2[nH]ccc12. The first-order chi connectivity index (χ1) is 6.50. The second-order valence-electron chi connectivity index (χ2n) is 3.08. The number of nitrogens with one attached hydrogen (secondary N) is 1. The predicted molar refractivity (Wildman–Crippen MR) is 56.4 cm³/mol. The van der Waals surface area contributed by atoms with Crippen LogP contribution in [0.1, 0.15) is 0 Å². The first-order valence-corrected chi connectivity index (χ1v) is 6.23. The highest BCUT2D eigenvalue weighted by Crippen LogP contribution is 2.27. The maximum absolute atomic E-state index is 11.4. The third kappa shape index (κ3) is 1.40. The standard InChI is InChI=1S/C9H8ClNO2S/c1-14(12,13)8-3-2-7(10)9-6(8)4-5-11-9/h2-5,11H,1H3. The first-order valence-electron chi connectivity index (χ1n) is 3.96. The van der Waals surface area contributed by atoms with Gasteiger partial charge in [-0.1, -0.05) is 11.6 Å². The van der Waals surface area contributed by atoms with E-state index in [1.54, 1.807) is 18.3 Å². The normalized spacial score (nSPS) is 12.1. The topological polar surface area (TPSA) is 49.9 Å². The Morgan fingerprint density at radius 3 is 2.64 bits per heavy atom. The molecule has 0 aliphatic rings. The molecule has 0 saturated heterocycles. The average molecular weight is 230 g/mol. The number of halogens is 1. The maximum Gasteiger partial charge on any atom is 0.176 e. The third-order valence-electron chi connectivity index (χ3n) is 2.03. The molecule has 3 nitrogen and oxygen atoms in total. The van der Waals surface area contributed by atoms with Crippen LogP contribution < -0.4 is 0 Å². The summed E-state index contributed by atoms with van der Waals surface area (Å²) < 4.78 is 22.8. The summed E-state index contributed by atoms with van der Waals surface area (Å²) in [6, 6.07) is 4.81. The number of hydrogen-bond acceptors (Lipinski definition) is 2. The summed E-state index contributed by atoms with van der Waals surface area (Å²) in [5.74, 6) is 0. The summed E-state index contributed by atoms with van der Waals surface area (Å²) in [5.41, 5.74) is 0.662. The monoisotopic (exact) mass is 229 g/mol. The Labute approximate surface area is 86.6 Å². The van der Waals surface area contributed by atoms with Crippen LogP contribution in [-0.4, -0.2) is 19.7 Å². The summed E-state index contributed by atoms with van der Waals surface area (Å²) in [6.07, 6.45) is 2.86. The quantitative estimate of drug-likeness (QED) is 0.815. The Kier molecular flexibility index (Phi) is 2.05. The Morgan fingerprint density at radius 1 is 1.29 bits per heavy atom. The number of aromatic nitrogens is 1. The van der Waals surface area contributed by atoms with Gasteiger partial charge in [0.25, 0.3) is 0 Å². The molecule has 2 aromatic rings. The van der Waals surface area contributed by atoms with Gasteiger partial charge in [-0.25, -0.2) is 8.42 Å². The van der Waals surface area contributed by atoms with Crippen LogP contribution in [0.15, 0.2) is 29.3 Å². The van der Waals surface area contributed by atoms with Crippen LogP contribution in [0, 0.1) is 0 Å².